The quantitative estimate of drug-likeness (QED) is 0.712. The first kappa shape index (κ1) is 21.4. The molecule has 4 rings (SSSR count). The number of ether oxygens (including phenoxy) is 7. The summed E-state index contributed by atoms with van der Waals surface area (Å²) < 4.78 is 39.5. The molecule has 8 nitrogen and oxygen atoms in total. The normalized spacial score (nSPS) is 24.2. The van der Waals surface area contributed by atoms with Gasteiger partial charge in [0.2, 0.25) is 18.3 Å². The van der Waals surface area contributed by atoms with Crippen LogP contribution in [0.5, 0.6) is 34.5 Å². The SMILES string of the molecule is COc1cc([C@@H]2O[C@H](c3cc(OC)c4c(c3)OCO4)[C@H](C)[C@@H]2CO)cc(OC)c1OC. The second kappa shape index (κ2) is 8.72. The van der Waals surface area contributed by atoms with E-state index in [-0.39, 0.29) is 37.4 Å². The number of benzene rings is 2. The molecular weight excluding hydrogens is 404 g/mol. The Morgan fingerprint density at radius 3 is 2.03 bits per heavy atom. The molecule has 2 aromatic rings. The Balaban J connectivity index is 1.72. The predicted molar refractivity (Wildman–Crippen MR) is 112 cm³/mol. The highest BCUT2D eigenvalue weighted by atomic mass is 16.7. The fraction of sp³-hybridized carbons (Fsp3) is 0.478. The fourth-order valence-corrected chi connectivity index (χ4v) is 4.43. The van der Waals surface area contributed by atoms with E-state index in [1.165, 1.54) is 0 Å². The van der Waals surface area contributed by atoms with Gasteiger partial charge < -0.3 is 38.3 Å². The average molecular weight is 432 g/mol. The van der Waals surface area contributed by atoms with E-state index in [2.05, 4.69) is 6.92 Å². The summed E-state index contributed by atoms with van der Waals surface area (Å²) in [6.45, 7) is 2.20. The molecule has 4 atom stereocenters. The first-order valence-electron chi connectivity index (χ1n) is 10.1. The third-order valence-electron chi connectivity index (χ3n) is 6.07. The molecule has 0 aliphatic carbocycles. The van der Waals surface area contributed by atoms with Gasteiger partial charge in [-0.2, -0.15) is 0 Å². The summed E-state index contributed by atoms with van der Waals surface area (Å²) in [5, 5.41) is 10.2. The van der Waals surface area contributed by atoms with Gasteiger partial charge in [0.25, 0.3) is 0 Å². The molecule has 0 spiro atoms. The molecule has 31 heavy (non-hydrogen) atoms. The maximum absolute atomic E-state index is 10.2. The minimum absolute atomic E-state index is 0.0270. The number of hydrogen-bond acceptors (Lipinski definition) is 8. The van der Waals surface area contributed by atoms with Crippen molar-refractivity contribution in [1.82, 2.24) is 0 Å². The van der Waals surface area contributed by atoms with Crippen LogP contribution in [0.2, 0.25) is 0 Å². The van der Waals surface area contributed by atoms with E-state index in [0.717, 1.165) is 11.1 Å². The summed E-state index contributed by atoms with van der Waals surface area (Å²) in [5.74, 6) is 3.30. The molecule has 1 N–H and O–H groups in total. The number of aliphatic hydroxyl groups is 1. The summed E-state index contributed by atoms with van der Waals surface area (Å²) in [4.78, 5) is 0. The van der Waals surface area contributed by atoms with Crippen LogP contribution >= 0.6 is 0 Å². The van der Waals surface area contributed by atoms with E-state index < -0.39 is 0 Å². The average Bonchev–Trinajstić information content (AvgIpc) is 3.41. The van der Waals surface area contributed by atoms with E-state index in [0.29, 0.717) is 34.5 Å². The molecular formula is C23H28O8. The van der Waals surface area contributed by atoms with E-state index in [4.69, 9.17) is 33.2 Å². The van der Waals surface area contributed by atoms with Gasteiger partial charge >= 0.3 is 0 Å². The number of rotatable bonds is 7. The van der Waals surface area contributed by atoms with Crippen LogP contribution < -0.4 is 28.4 Å². The van der Waals surface area contributed by atoms with Crippen LogP contribution in [0.4, 0.5) is 0 Å². The zero-order chi connectivity index (χ0) is 22.1. The standard InChI is InChI=1S/C23H28O8/c1-12-15(10-24)21(14-7-16(25-2)22(28-5)17(8-14)26-3)31-20(12)13-6-18(27-4)23-19(9-13)29-11-30-23/h6-9,12,15,20-21,24H,10-11H2,1-5H3/t12-,15+,20+,21+/m1/s1. The van der Waals surface area contributed by atoms with Crippen molar-refractivity contribution in [3.8, 4) is 34.5 Å². The third-order valence-corrected chi connectivity index (χ3v) is 6.07. The zero-order valence-electron chi connectivity index (χ0n) is 18.3. The summed E-state index contributed by atoms with van der Waals surface area (Å²) in [6.07, 6.45) is -0.639. The van der Waals surface area contributed by atoms with Gasteiger partial charge in [-0.25, -0.2) is 0 Å². The Bertz CT molecular complexity index is 918. The fourth-order valence-electron chi connectivity index (χ4n) is 4.43. The van der Waals surface area contributed by atoms with Crippen LogP contribution in [-0.4, -0.2) is 46.9 Å². The molecule has 2 aliphatic rings. The topological polar surface area (TPSA) is 84.8 Å². The lowest BCUT2D eigenvalue weighted by Gasteiger charge is -2.21. The molecule has 0 saturated carbocycles. The number of hydrogen-bond donors (Lipinski definition) is 1. The van der Waals surface area contributed by atoms with E-state index in [9.17, 15) is 5.11 Å². The maximum Gasteiger partial charge on any atom is 0.231 e. The molecule has 2 aliphatic heterocycles. The molecule has 1 saturated heterocycles. The van der Waals surface area contributed by atoms with Gasteiger partial charge in [0.1, 0.15) is 0 Å². The van der Waals surface area contributed by atoms with Gasteiger partial charge in [0.15, 0.2) is 23.0 Å². The molecule has 1 fully saturated rings. The van der Waals surface area contributed by atoms with Crippen LogP contribution in [0, 0.1) is 11.8 Å². The Kier molecular flexibility index (Phi) is 6.02. The number of fused-ring (bicyclic) bond motifs is 1. The van der Waals surface area contributed by atoms with Crippen LogP contribution in [0.1, 0.15) is 30.3 Å². The van der Waals surface area contributed by atoms with Crippen molar-refractivity contribution in [2.75, 3.05) is 41.8 Å². The molecule has 0 amide bonds. The minimum atomic E-state index is -0.366. The zero-order valence-corrected chi connectivity index (χ0v) is 18.3. The van der Waals surface area contributed by atoms with Crippen LogP contribution in [0.3, 0.4) is 0 Å². The summed E-state index contributed by atoms with van der Waals surface area (Å²) in [5.41, 5.74) is 1.75. The van der Waals surface area contributed by atoms with E-state index in [1.54, 1.807) is 28.4 Å². The highest BCUT2D eigenvalue weighted by Crippen LogP contribution is 2.53. The second-order valence-corrected chi connectivity index (χ2v) is 7.60. The van der Waals surface area contributed by atoms with Crippen LogP contribution in [-0.2, 0) is 4.74 Å². The second-order valence-electron chi connectivity index (χ2n) is 7.60. The molecule has 168 valence electrons. The Morgan fingerprint density at radius 2 is 1.45 bits per heavy atom. The highest BCUT2D eigenvalue weighted by molar-refractivity contribution is 5.56. The van der Waals surface area contributed by atoms with Gasteiger partial charge in [-0.1, -0.05) is 6.92 Å². The van der Waals surface area contributed by atoms with Crippen molar-refractivity contribution >= 4 is 0 Å². The monoisotopic (exact) mass is 432 g/mol. The Labute approximate surface area is 181 Å². The summed E-state index contributed by atoms with van der Waals surface area (Å²) in [6, 6.07) is 7.55. The van der Waals surface area contributed by atoms with Gasteiger partial charge in [0.05, 0.1) is 40.6 Å². The van der Waals surface area contributed by atoms with E-state index >= 15 is 0 Å². The molecule has 0 aromatic heterocycles. The van der Waals surface area contributed by atoms with Crippen molar-refractivity contribution in [3.63, 3.8) is 0 Å². The van der Waals surface area contributed by atoms with Crippen molar-refractivity contribution in [2.24, 2.45) is 11.8 Å². The lowest BCUT2D eigenvalue weighted by Crippen LogP contribution is -2.18. The first-order chi connectivity index (χ1) is 15.1. The van der Waals surface area contributed by atoms with Gasteiger partial charge in [0, 0.05) is 12.5 Å². The van der Waals surface area contributed by atoms with Crippen molar-refractivity contribution in [2.45, 2.75) is 19.1 Å². The third kappa shape index (κ3) is 3.59. The van der Waals surface area contributed by atoms with Crippen molar-refractivity contribution in [3.05, 3.63) is 35.4 Å². The molecule has 0 bridgehead atoms. The maximum atomic E-state index is 10.2. The predicted octanol–water partition coefficient (Wildman–Crippen LogP) is 3.51. The molecule has 2 heterocycles. The van der Waals surface area contributed by atoms with E-state index in [1.807, 2.05) is 24.3 Å². The summed E-state index contributed by atoms with van der Waals surface area (Å²) >= 11 is 0. The Hall–Kier alpha value is -2.84. The molecule has 8 heteroatoms. The number of aliphatic hydroxyl groups excluding tert-OH is 1. The molecule has 0 radical (unpaired) electrons. The van der Waals surface area contributed by atoms with Crippen LogP contribution in [0.25, 0.3) is 0 Å². The Morgan fingerprint density at radius 1 is 0.839 bits per heavy atom. The molecule has 2 aromatic carbocycles. The minimum Gasteiger partial charge on any atom is -0.493 e. The van der Waals surface area contributed by atoms with Gasteiger partial charge in [-0.15, -0.1) is 0 Å². The first-order valence-corrected chi connectivity index (χ1v) is 10.1. The lowest BCUT2D eigenvalue weighted by atomic mass is 9.84. The van der Waals surface area contributed by atoms with Crippen molar-refractivity contribution < 1.29 is 38.3 Å². The summed E-state index contributed by atoms with van der Waals surface area (Å²) in [7, 11) is 6.30. The van der Waals surface area contributed by atoms with Gasteiger partial charge in [-0.05, 0) is 41.3 Å². The van der Waals surface area contributed by atoms with Gasteiger partial charge in [-0.3, -0.25) is 0 Å². The number of methoxy groups -OCH3 is 4. The van der Waals surface area contributed by atoms with Crippen LogP contribution in [0.15, 0.2) is 24.3 Å². The molecule has 0 unspecified atom stereocenters. The highest BCUT2D eigenvalue weighted by Gasteiger charge is 2.44. The smallest absolute Gasteiger partial charge is 0.231 e. The lowest BCUT2D eigenvalue weighted by molar-refractivity contribution is 0.0218. The van der Waals surface area contributed by atoms with Crippen molar-refractivity contribution in [1.29, 1.82) is 0 Å². The largest absolute Gasteiger partial charge is 0.493 e.